The Balaban J connectivity index is 1.84. The Labute approximate surface area is 126 Å². The molecule has 1 aliphatic carbocycles. The van der Waals surface area contributed by atoms with E-state index in [1.54, 1.807) is 0 Å². The fraction of sp³-hybridized carbons (Fsp3) is 0.316. The van der Waals surface area contributed by atoms with Gasteiger partial charge in [-0.1, -0.05) is 42.0 Å². The second-order valence-corrected chi connectivity index (χ2v) is 5.94. The molecule has 0 radical (unpaired) electrons. The van der Waals surface area contributed by atoms with Crippen molar-refractivity contribution in [1.29, 1.82) is 0 Å². The molecule has 2 nitrogen and oxygen atoms in total. The molecule has 21 heavy (non-hydrogen) atoms. The Kier molecular flexibility index (Phi) is 3.78. The number of carbonyl (C=O) groups is 1. The molecule has 0 aliphatic heterocycles. The summed E-state index contributed by atoms with van der Waals surface area (Å²) in [6.45, 7) is 4.01. The highest BCUT2D eigenvalue weighted by Gasteiger charge is 2.22. The summed E-state index contributed by atoms with van der Waals surface area (Å²) in [5.74, 6) is 0.0397. The summed E-state index contributed by atoms with van der Waals surface area (Å²) in [5.41, 5.74) is 5.59. The van der Waals surface area contributed by atoms with Crippen LogP contribution in [0.3, 0.4) is 0 Å². The summed E-state index contributed by atoms with van der Waals surface area (Å²) in [7, 11) is 0. The van der Waals surface area contributed by atoms with Gasteiger partial charge in [-0.25, -0.2) is 0 Å². The van der Waals surface area contributed by atoms with Gasteiger partial charge in [0, 0.05) is 5.56 Å². The number of hydrogen-bond donors (Lipinski definition) is 1. The number of carbonyl (C=O) groups excluding carboxylic acids is 1. The molecule has 0 spiro atoms. The summed E-state index contributed by atoms with van der Waals surface area (Å²) in [5, 5.41) is 3.22. The predicted octanol–water partition coefficient (Wildman–Crippen LogP) is 4.11. The second-order valence-electron chi connectivity index (χ2n) is 5.94. The van der Waals surface area contributed by atoms with Crippen molar-refractivity contribution >= 4 is 5.91 Å². The van der Waals surface area contributed by atoms with Gasteiger partial charge in [0.05, 0.1) is 6.04 Å². The molecule has 2 aromatic carbocycles. The van der Waals surface area contributed by atoms with E-state index in [0.717, 1.165) is 36.0 Å². The summed E-state index contributed by atoms with van der Waals surface area (Å²) < 4.78 is 0. The van der Waals surface area contributed by atoms with Gasteiger partial charge in [0.1, 0.15) is 0 Å². The molecule has 108 valence electrons. The SMILES string of the molecule is Cc1ccc(C)c(C(=O)NC2CCCc3ccccc32)c1. The van der Waals surface area contributed by atoms with E-state index in [9.17, 15) is 4.79 Å². The summed E-state index contributed by atoms with van der Waals surface area (Å²) in [6.07, 6.45) is 3.27. The first-order chi connectivity index (χ1) is 10.1. The molecular formula is C19H21NO. The molecule has 1 unspecified atom stereocenters. The summed E-state index contributed by atoms with van der Waals surface area (Å²) in [6, 6.07) is 14.6. The standard InChI is InChI=1S/C19H21NO/c1-13-10-11-14(2)17(12-13)19(21)20-18-9-5-7-15-6-3-4-8-16(15)18/h3-4,6,8,10-12,18H,5,7,9H2,1-2H3,(H,20,21). The van der Waals surface area contributed by atoms with Crippen molar-refractivity contribution in [1.82, 2.24) is 5.32 Å². The lowest BCUT2D eigenvalue weighted by Crippen LogP contribution is -2.31. The summed E-state index contributed by atoms with van der Waals surface area (Å²) >= 11 is 0. The van der Waals surface area contributed by atoms with E-state index in [0.29, 0.717) is 0 Å². The van der Waals surface area contributed by atoms with Gasteiger partial charge in [0.25, 0.3) is 5.91 Å². The first-order valence-corrected chi connectivity index (χ1v) is 7.61. The minimum Gasteiger partial charge on any atom is -0.345 e. The fourth-order valence-corrected chi connectivity index (χ4v) is 3.12. The highest BCUT2D eigenvalue weighted by molar-refractivity contribution is 5.96. The van der Waals surface area contributed by atoms with Crippen molar-refractivity contribution < 1.29 is 4.79 Å². The first kappa shape index (κ1) is 13.9. The number of rotatable bonds is 2. The number of amides is 1. The van der Waals surface area contributed by atoms with Crippen LogP contribution in [0.15, 0.2) is 42.5 Å². The van der Waals surface area contributed by atoms with Crippen LogP contribution in [-0.4, -0.2) is 5.91 Å². The molecule has 0 heterocycles. The van der Waals surface area contributed by atoms with Crippen molar-refractivity contribution in [2.24, 2.45) is 0 Å². The van der Waals surface area contributed by atoms with Crippen molar-refractivity contribution in [2.75, 3.05) is 0 Å². The van der Waals surface area contributed by atoms with Gasteiger partial charge in [-0.15, -0.1) is 0 Å². The monoisotopic (exact) mass is 279 g/mol. The number of fused-ring (bicyclic) bond motifs is 1. The Morgan fingerprint density at radius 3 is 2.81 bits per heavy atom. The predicted molar refractivity (Wildman–Crippen MR) is 85.5 cm³/mol. The molecule has 1 aliphatic rings. The largest absolute Gasteiger partial charge is 0.345 e. The zero-order valence-corrected chi connectivity index (χ0v) is 12.6. The van der Waals surface area contributed by atoms with Crippen LogP contribution in [0.1, 0.15) is 51.5 Å². The Morgan fingerprint density at radius 2 is 1.95 bits per heavy atom. The molecule has 0 saturated heterocycles. The van der Waals surface area contributed by atoms with Crippen LogP contribution in [0, 0.1) is 13.8 Å². The first-order valence-electron chi connectivity index (χ1n) is 7.61. The number of nitrogens with one attached hydrogen (secondary N) is 1. The van der Waals surface area contributed by atoms with E-state index >= 15 is 0 Å². The van der Waals surface area contributed by atoms with E-state index in [4.69, 9.17) is 0 Å². The third-order valence-electron chi connectivity index (χ3n) is 4.31. The lowest BCUT2D eigenvalue weighted by atomic mass is 9.87. The van der Waals surface area contributed by atoms with E-state index < -0.39 is 0 Å². The number of aryl methyl sites for hydroxylation is 3. The van der Waals surface area contributed by atoms with Crippen LogP contribution in [0.4, 0.5) is 0 Å². The highest BCUT2D eigenvalue weighted by Crippen LogP contribution is 2.29. The normalized spacial score (nSPS) is 17.1. The van der Waals surface area contributed by atoms with Crippen LogP contribution in [0.2, 0.25) is 0 Å². The van der Waals surface area contributed by atoms with Crippen molar-refractivity contribution in [3.63, 3.8) is 0 Å². The van der Waals surface area contributed by atoms with Gasteiger partial charge in [-0.2, -0.15) is 0 Å². The molecular weight excluding hydrogens is 258 g/mol. The average molecular weight is 279 g/mol. The molecule has 0 bridgehead atoms. The van der Waals surface area contributed by atoms with Crippen LogP contribution in [0.25, 0.3) is 0 Å². The molecule has 0 aromatic heterocycles. The van der Waals surface area contributed by atoms with Gasteiger partial charge >= 0.3 is 0 Å². The maximum Gasteiger partial charge on any atom is 0.252 e. The van der Waals surface area contributed by atoms with Gasteiger partial charge in [0.2, 0.25) is 0 Å². The minimum absolute atomic E-state index is 0.0397. The van der Waals surface area contributed by atoms with Crippen molar-refractivity contribution in [3.8, 4) is 0 Å². The molecule has 1 atom stereocenters. The molecule has 2 heteroatoms. The van der Waals surface area contributed by atoms with Crippen LogP contribution in [0.5, 0.6) is 0 Å². The van der Waals surface area contributed by atoms with Crippen LogP contribution < -0.4 is 5.32 Å². The van der Waals surface area contributed by atoms with E-state index in [1.807, 2.05) is 32.0 Å². The Bertz CT molecular complexity index is 675. The van der Waals surface area contributed by atoms with Crippen molar-refractivity contribution in [2.45, 2.75) is 39.2 Å². The highest BCUT2D eigenvalue weighted by atomic mass is 16.1. The maximum atomic E-state index is 12.6. The summed E-state index contributed by atoms with van der Waals surface area (Å²) in [4.78, 5) is 12.6. The van der Waals surface area contributed by atoms with Gasteiger partial charge in [0.15, 0.2) is 0 Å². The molecule has 3 rings (SSSR count). The maximum absolute atomic E-state index is 12.6. The van der Waals surface area contributed by atoms with Gasteiger partial charge in [-0.3, -0.25) is 4.79 Å². The zero-order valence-electron chi connectivity index (χ0n) is 12.6. The quantitative estimate of drug-likeness (QED) is 0.880. The van der Waals surface area contributed by atoms with E-state index in [-0.39, 0.29) is 11.9 Å². The van der Waals surface area contributed by atoms with E-state index in [1.165, 1.54) is 11.1 Å². The van der Waals surface area contributed by atoms with E-state index in [2.05, 4.69) is 29.6 Å². The molecule has 2 aromatic rings. The molecule has 0 fully saturated rings. The molecule has 0 saturated carbocycles. The zero-order chi connectivity index (χ0) is 14.8. The fourth-order valence-electron chi connectivity index (χ4n) is 3.12. The van der Waals surface area contributed by atoms with Crippen molar-refractivity contribution in [3.05, 3.63) is 70.3 Å². The Morgan fingerprint density at radius 1 is 1.14 bits per heavy atom. The van der Waals surface area contributed by atoms with Crippen LogP contribution in [-0.2, 0) is 6.42 Å². The Hall–Kier alpha value is -2.09. The third kappa shape index (κ3) is 2.85. The lowest BCUT2D eigenvalue weighted by molar-refractivity contribution is 0.0932. The average Bonchev–Trinajstić information content (AvgIpc) is 2.50. The molecule has 1 N–H and O–H groups in total. The minimum atomic E-state index is 0.0397. The number of benzene rings is 2. The topological polar surface area (TPSA) is 29.1 Å². The van der Waals surface area contributed by atoms with Crippen LogP contribution >= 0.6 is 0 Å². The van der Waals surface area contributed by atoms with Gasteiger partial charge in [-0.05, 0) is 55.9 Å². The second kappa shape index (κ2) is 5.72. The smallest absolute Gasteiger partial charge is 0.252 e. The van der Waals surface area contributed by atoms with Gasteiger partial charge < -0.3 is 5.32 Å². The molecule has 1 amide bonds. The lowest BCUT2D eigenvalue weighted by Gasteiger charge is -2.26. The number of hydrogen-bond acceptors (Lipinski definition) is 1. The third-order valence-corrected chi connectivity index (χ3v) is 4.31.